The number of piperidine rings is 1. The Kier molecular flexibility index (Phi) is 6.44. The molecule has 4 aliphatic rings. The van der Waals surface area contributed by atoms with Crippen molar-refractivity contribution in [2.75, 3.05) is 13.6 Å². The number of carbonyl (C=O) groups excluding carboxylic acids is 2. The van der Waals surface area contributed by atoms with E-state index in [1.54, 1.807) is 12.1 Å². The molecule has 2 heterocycles. The van der Waals surface area contributed by atoms with Crippen LogP contribution in [0.5, 0.6) is 5.75 Å². The maximum atomic E-state index is 12.7. The number of hydrogen-bond donors (Lipinski definition) is 4. The van der Waals surface area contributed by atoms with Gasteiger partial charge in [0.05, 0.1) is 36.9 Å². The number of likely N-dealkylation sites (N-methyl/N-ethyl adjacent to an activating group) is 1. The molecular weight excluding hydrogens is 502 g/mol. The highest BCUT2D eigenvalue weighted by atomic mass is 16.6. The van der Waals surface area contributed by atoms with Crippen LogP contribution in [0, 0.1) is 0 Å². The summed E-state index contributed by atoms with van der Waals surface area (Å²) in [6, 6.07) is 3.57. The van der Waals surface area contributed by atoms with Gasteiger partial charge in [-0.1, -0.05) is 12.1 Å². The number of ether oxygens (including phenoxy) is 3. The molecule has 0 unspecified atom stereocenters. The first kappa shape index (κ1) is 26.1. The molecule has 1 spiro atoms. The highest BCUT2D eigenvalue weighted by Gasteiger charge is 2.71. The number of aliphatic hydroxyl groups excluding tert-OH is 1. The summed E-state index contributed by atoms with van der Waals surface area (Å²) in [4.78, 5) is 48.8. The normalized spacial score (nSPS) is 29.4. The van der Waals surface area contributed by atoms with Crippen LogP contribution >= 0.6 is 0 Å². The number of carboxylic acid groups (broad SMARTS) is 2. The fourth-order valence-electron chi connectivity index (χ4n) is 6.57. The third-order valence-corrected chi connectivity index (χ3v) is 8.30. The van der Waals surface area contributed by atoms with E-state index < -0.39 is 66.4 Å². The van der Waals surface area contributed by atoms with Crippen molar-refractivity contribution in [1.29, 1.82) is 0 Å². The van der Waals surface area contributed by atoms with Gasteiger partial charge in [-0.05, 0) is 38.1 Å². The van der Waals surface area contributed by atoms with Gasteiger partial charge in [0.15, 0.2) is 6.10 Å². The van der Waals surface area contributed by atoms with Gasteiger partial charge in [0.25, 0.3) is 0 Å². The SMILES string of the molecule is CN1CC[C@]23c4c5ccc(CO)c4O[C@H]2C(OC(=O)CCC(=O)O[C@H](CC(=O)O)C(=O)O)=CC[C@@]3(O)[C@H]1C5. The lowest BCUT2D eigenvalue weighted by Crippen LogP contribution is -2.74. The Hall–Kier alpha value is -3.48. The van der Waals surface area contributed by atoms with E-state index in [9.17, 15) is 29.4 Å². The van der Waals surface area contributed by atoms with Gasteiger partial charge in [-0.2, -0.15) is 0 Å². The van der Waals surface area contributed by atoms with E-state index in [-0.39, 0.29) is 24.8 Å². The van der Waals surface area contributed by atoms with E-state index >= 15 is 0 Å². The topological polar surface area (TPSA) is 180 Å². The predicted octanol–water partition coefficient (Wildman–Crippen LogP) is 0.251. The molecule has 1 aromatic rings. The number of aliphatic carboxylic acids is 2. The maximum absolute atomic E-state index is 12.7. The van der Waals surface area contributed by atoms with Crippen LogP contribution in [0.25, 0.3) is 0 Å². The molecule has 1 saturated heterocycles. The van der Waals surface area contributed by atoms with Gasteiger partial charge in [0.1, 0.15) is 11.5 Å². The Labute approximate surface area is 217 Å². The van der Waals surface area contributed by atoms with Gasteiger partial charge in [0, 0.05) is 23.6 Å². The largest absolute Gasteiger partial charge is 0.481 e. The van der Waals surface area contributed by atoms with E-state index in [1.807, 2.05) is 13.1 Å². The van der Waals surface area contributed by atoms with Crippen molar-refractivity contribution < 1.29 is 53.8 Å². The summed E-state index contributed by atoms with van der Waals surface area (Å²) in [5, 5.41) is 39.9. The second-order valence-corrected chi connectivity index (χ2v) is 10.3. The summed E-state index contributed by atoms with van der Waals surface area (Å²) in [7, 11) is 1.97. The lowest BCUT2D eigenvalue weighted by molar-refractivity contribution is -0.171. The molecule has 38 heavy (non-hydrogen) atoms. The van der Waals surface area contributed by atoms with Crippen molar-refractivity contribution in [2.24, 2.45) is 0 Å². The third-order valence-electron chi connectivity index (χ3n) is 8.30. The van der Waals surface area contributed by atoms with E-state index in [0.29, 0.717) is 30.7 Å². The lowest BCUT2D eigenvalue weighted by Gasteiger charge is -2.61. The summed E-state index contributed by atoms with van der Waals surface area (Å²) < 4.78 is 16.7. The molecule has 5 rings (SSSR count). The number of aliphatic hydroxyl groups is 2. The monoisotopic (exact) mass is 531 g/mol. The highest BCUT2D eigenvalue weighted by molar-refractivity contribution is 5.84. The van der Waals surface area contributed by atoms with Crippen molar-refractivity contribution in [3.8, 4) is 5.75 Å². The predicted molar refractivity (Wildman–Crippen MR) is 126 cm³/mol. The summed E-state index contributed by atoms with van der Waals surface area (Å²) in [6.07, 6.45) is -1.54. The smallest absolute Gasteiger partial charge is 0.345 e. The Morgan fingerprint density at radius 3 is 2.61 bits per heavy atom. The zero-order chi connectivity index (χ0) is 27.4. The fourth-order valence-corrected chi connectivity index (χ4v) is 6.57. The highest BCUT2D eigenvalue weighted by Crippen LogP contribution is 2.64. The molecule has 0 radical (unpaired) electrons. The molecule has 4 N–H and O–H groups in total. The summed E-state index contributed by atoms with van der Waals surface area (Å²) in [6.45, 7) is 0.427. The lowest BCUT2D eigenvalue weighted by atomic mass is 9.50. The second-order valence-electron chi connectivity index (χ2n) is 10.3. The van der Waals surface area contributed by atoms with E-state index in [2.05, 4.69) is 9.64 Å². The Balaban J connectivity index is 1.35. The van der Waals surface area contributed by atoms with Crippen molar-refractivity contribution in [2.45, 2.75) is 74.4 Å². The Bertz CT molecular complexity index is 1240. The number of hydrogen-bond acceptors (Lipinski definition) is 10. The molecule has 12 heteroatoms. The summed E-state index contributed by atoms with van der Waals surface area (Å²) in [5.41, 5.74) is 0.379. The molecule has 1 aromatic carbocycles. The molecule has 204 valence electrons. The first-order valence-electron chi connectivity index (χ1n) is 12.4. The van der Waals surface area contributed by atoms with Gasteiger partial charge in [0.2, 0.25) is 6.10 Å². The quantitative estimate of drug-likeness (QED) is 0.320. The van der Waals surface area contributed by atoms with Crippen molar-refractivity contribution in [1.82, 2.24) is 4.90 Å². The molecule has 0 aromatic heterocycles. The van der Waals surface area contributed by atoms with Crippen LogP contribution in [-0.4, -0.2) is 86.6 Å². The van der Waals surface area contributed by atoms with Crippen LogP contribution in [0.3, 0.4) is 0 Å². The number of benzene rings is 1. The Morgan fingerprint density at radius 2 is 1.92 bits per heavy atom. The van der Waals surface area contributed by atoms with Crippen LogP contribution in [0.2, 0.25) is 0 Å². The molecule has 5 atom stereocenters. The molecule has 12 nitrogen and oxygen atoms in total. The summed E-state index contributed by atoms with van der Waals surface area (Å²) in [5.74, 6) is -4.18. The van der Waals surface area contributed by atoms with Gasteiger partial charge in [-0.3, -0.25) is 14.4 Å². The molecule has 0 amide bonds. The number of likely N-dealkylation sites (tertiary alicyclic amines) is 1. The van der Waals surface area contributed by atoms with Crippen molar-refractivity contribution in [3.05, 3.63) is 40.7 Å². The Morgan fingerprint density at radius 1 is 1.18 bits per heavy atom. The molecule has 2 aliphatic heterocycles. The van der Waals surface area contributed by atoms with Gasteiger partial charge in [-0.15, -0.1) is 0 Å². The minimum Gasteiger partial charge on any atom is -0.481 e. The van der Waals surface area contributed by atoms with Gasteiger partial charge >= 0.3 is 23.9 Å². The van der Waals surface area contributed by atoms with E-state index in [0.717, 1.165) is 11.1 Å². The maximum Gasteiger partial charge on any atom is 0.345 e. The first-order chi connectivity index (χ1) is 18.0. The molecular formula is C26H29NO11. The molecule has 0 saturated carbocycles. The number of nitrogens with zero attached hydrogens (tertiary/aromatic N) is 1. The minimum atomic E-state index is -1.86. The average Bonchev–Trinajstić information content (AvgIpc) is 3.21. The van der Waals surface area contributed by atoms with Crippen molar-refractivity contribution in [3.63, 3.8) is 0 Å². The molecule has 2 aliphatic carbocycles. The zero-order valence-corrected chi connectivity index (χ0v) is 20.7. The number of carboxylic acids is 2. The van der Waals surface area contributed by atoms with Gasteiger partial charge < -0.3 is 39.5 Å². The van der Waals surface area contributed by atoms with Gasteiger partial charge in [-0.25, -0.2) is 4.79 Å². The number of esters is 2. The average molecular weight is 532 g/mol. The van der Waals surface area contributed by atoms with Crippen LogP contribution in [0.1, 0.15) is 48.8 Å². The fraction of sp³-hybridized carbons (Fsp3) is 0.538. The van der Waals surface area contributed by atoms with Crippen molar-refractivity contribution >= 4 is 23.9 Å². The summed E-state index contributed by atoms with van der Waals surface area (Å²) >= 11 is 0. The first-order valence-corrected chi connectivity index (χ1v) is 12.4. The van der Waals surface area contributed by atoms with Crippen LogP contribution in [0.15, 0.2) is 24.0 Å². The molecule has 2 bridgehead atoms. The number of rotatable bonds is 9. The van der Waals surface area contributed by atoms with E-state index in [1.165, 1.54) is 0 Å². The van der Waals surface area contributed by atoms with Crippen LogP contribution < -0.4 is 4.74 Å². The van der Waals surface area contributed by atoms with E-state index in [4.69, 9.17) is 19.7 Å². The number of carbonyl (C=O) groups is 4. The zero-order valence-electron chi connectivity index (χ0n) is 20.7. The standard InChI is InChI=1S/C26H29NO11/c1-27-9-8-25-21-13-2-3-14(12-28)22(21)38-23(25)15(6-7-26(25,35)17(27)10-13)36-19(31)4-5-20(32)37-16(24(33)34)11-18(29)30/h2-3,6,16-17,23,28,35H,4-5,7-12H2,1H3,(H,29,30)(H,33,34)/t16-,17-,23+,25+,26-/m1/s1. The third kappa shape index (κ3) is 3.86. The minimum absolute atomic E-state index is 0.183. The van der Waals surface area contributed by atoms with Crippen LogP contribution in [-0.2, 0) is 47.1 Å². The molecule has 1 fully saturated rings. The van der Waals surface area contributed by atoms with Crippen LogP contribution in [0.4, 0.5) is 0 Å². The second kappa shape index (κ2) is 9.37.